The Morgan fingerprint density at radius 3 is 2.62 bits per heavy atom. The van der Waals surface area contributed by atoms with Gasteiger partial charge < -0.3 is 15.0 Å². The van der Waals surface area contributed by atoms with Gasteiger partial charge in [-0.05, 0) is 48.7 Å². The van der Waals surface area contributed by atoms with Crippen molar-refractivity contribution in [3.8, 4) is 0 Å². The topological polar surface area (TPSA) is 91.2 Å². The van der Waals surface area contributed by atoms with Crippen molar-refractivity contribution in [2.75, 3.05) is 63.9 Å². The third kappa shape index (κ3) is 6.08. The van der Waals surface area contributed by atoms with E-state index in [4.69, 9.17) is 4.74 Å². The predicted molar refractivity (Wildman–Crippen MR) is 138 cm³/mol. The number of nitrogens with zero attached hydrogens (tertiary/aromatic N) is 4. The second-order valence-electron chi connectivity index (χ2n) is 10.1. The molecule has 0 saturated carbocycles. The molecule has 1 amide bonds. The van der Waals surface area contributed by atoms with E-state index in [1.807, 2.05) is 6.07 Å². The minimum Gasteiger partial charge on any atom is -0.379 e. The van der Waals surface area contributed by atoms with E-state index in [0.29, 0.717) is 26.1 Å². The second kappa shape index (κ2) is 11.5. The molecule has 0 spiro atoms. The summed E-state index contributed by atoms with van der Waals surface area (Å²) < 4.78 is 18.8. The number of amides is 1. The highest BCUT2D eigenvalue weighted by Crippen LogP contribution is 2.38. The van der Waals surface area contributed by atoms with Crippen LogP contribution in [-0.2, 0) is 22.5 Å². The largest absolute Gasteiger partial charge is 0.379 e. The maximum Gasteiger partial charge on any atom is 0.269 e. The number of fused-ring (bicyclic) bond motifs is 3. The molecule has 0 bridgehead atoms. The number of halogens is 1. The summed E-state index contributed by atoms with van der Waals surface area (Å²) in [4.78, 5) is 31.4. The van der Waals surface area contributed by atoms with Crippen molar-refractivity contribution in [1.29, 1.82) is 0 Å². The first-order valence-electron chi connectivity index (χ1n) is 13.1. The number of benzene rings is 2. The summed E-state index contributed by atoms with van der Waals surface area (Å²) in [5, 5.41) is 14.5. The highest BCUT2D eigenvalue weighted by molar-refractivity contribution is 5.82. The van der Waals surface area contributed by atoms with Gasteiger partial charge in [0, 0.05) is 63.6 Å². The molecular weight excluding hydrogens is 477 g/mol. The van der Waals surface area contributed by atoms with E-state index in [0.717, 1.165) is 69.2 Å². The molecule has 2 aromatic carbocycles. The molecule has 3 aliphatic heterocycles. The van der Waals surface area contributed by atoms with Gasteiger partial charge in [-0.1, -0.05) is 12.1 Å². The molecule has 3 aliphatic rings. The molecule has 198 valence electrons. The maximum atomic E-state index is 13.5. The van der Waals surface area contributed by atoms with Crippen LogP contribution in [0.5, 0.6) is 0 Å². The lowest BCUT2D eigenvalue weighted by Crippen LogP contribution is -2.61. The lowest BCUT2D eigenvalue weighted by molar-refractivity contribution is -0.384. The molecular formula is C27H34FN5O4. The van der Waals surface area contributed by atoms with Crippen LogP contribution in [0.1, 0.15) is 17.5 Å². The van der Waals surface area contributed by atoms with Gasteiger partial charge in [-0.2, -0.15) is 0 Å². The summed E-state index contributed by atoms with van der Waals surface area (Å²) in [5.74, 6) is -0.566. The number of hydrogen-bond acceptors (Lipinski definition) is 7. The Hall–Kier alpha value is -3.08. The van der Waals surface area contributed by atoms with Gasteiger partial charge in [-0.25, -0.2) is 4.39 Å². The van der Waals surface area contributed by atoms with E-state index in [1.165, 1.54) is 12.1 Å². The Morgan fingerprint density at radius 1 is 1.08 bits per heavy atom. The smallest absolute Gasteiger partial charge is 0.269 e. The Kier molecular flexibility index (Phi) is 7.97. The fourth-order valence-electron chi connectivity index (χ4n) is 5.74. The lowest BCUT2D eigenvalue weighted by atomic mass is 9.83. The number of nitro groups is 1. The fraction of sp³-hybridized carbons (Fsp3) is 0.519. The van der Waals surface area contributed by atoms with E-state index in [1.54, 1.807) is 24.3 Å². The van der Waals surface area contributed by atoms with Crippen LogP contribution in [0.2, 0.25) is 0 Å². The highest BCUT2D eigenvalue weighted by atomic mass is 19.1. The van der Waals surface area contributed by atoms with Gasteiger partial charge >= 0.3 is 0 Å². The van der Waals surface area contributed by atoms with Gasteiger partial charge in [0.15, 0.2) is 0 Å². The van der Waals surface area contributed by atoms with E-state index in [9.17, 15) is 19.3 Å². The average Bonchev–Trinajstić information content (AvgIpc) is 2.92. The minimum absolute atomic E-state index is 0.00207. The first kappa shape index (κ1) is 25.6. The van der Waals surface area contributed by atoms with Gasteiger partial charge in [-0.3, -0.25) is 24.7 Å². The van der Waals surface area contributed by atoms with Crippen molar-refractivity contribution >= 4 is 17.3 Å². The van der Waals surface area contributed by atoms with Crippen LogP contribution in [0, 0.1) is 21.8 Å². The molecule has 5 rings (SSSR count). The lowest BCUT2D eigenvalue weighted by Gasteiger charge is -2.49. The molecule has 2 unspecified atom stereocenters. The number of carbonyl (C=O) groups is 1. The van der Waals surface area contributed by atoms with Crippen LogP contribution in [0.4, 0.5) is 15.8 Å². The molecule has 3 heterocycles. The Labute approximate surface area is 216 Å². The van der Waals surface area contributed by atoms with Crippen molar-refractivity contribution in [3.63, 3.8) is 0 Å². The SMILES string of the molecule is O=C(NCCCN1CCOCC1)C1Cc2cc([N+](=O)[O-])ccc2N2CCN(Cc3ccc(F)cc3)CC12. The number of ether oxygens (including phenoxy) is 1. The number of piperazine rings is 1. The zero-order valence-corrected chi connectivity index (χ0v) is 21.0. The summed E-state index contributed by atoms with van der Waals surface area (Å²) in [5.41, 5.74) is 2.92. The van der Waals surface area contributed by atoms with Crippen LogP contribution in [0.3, 0.4) is 0 Å². The molecule has 2 saturated heterocycles. The van der Waals surface area contributed by atoms with Gasteiger partial charge in [0.2, 0.25) is 5.91 Å². The monoisotopic (exact) mass is 511 g/mol. The van der Waals surface area contributed by atoms with Crippen molar-refractivity contribution in [2.24, 2.45) is 5.92 Å². The van der Waals surface area contributed by atoms with E-state index < -0.39 is 0 Å². The molecule has 2 aromatic rings. The first-order valence-corrected chi connectivity index (χ1v) is 13.1. The standard InChI is InChI=1S/C27H34FN5O4/c28-22-4-2-20(3-5-22)18-31-10-11-32-25-7-6-23(33(35)36)16-21(25)17-24(26(32)19-31)27(34)29-8-1-9-30-12-14-37-15-13-30/h2-7,16,24,26H,1,8-15,17-19H2,(H,29,34). The van der Waals surface area contributed by atoms with Crippen molar-refractivity contribution in [3.05, 3.63) is 69.5 Å². The number of nitrogens with one attached hydrogen (secondary N) is 1. The quantitative estimate of drug-likeness (QED) is 0.331. The zero-order valence-electron chi connectivity index (χ0n) is 21.0. The molecule has 2 fully saturated rings. The van der Waals surface area contributed by atoms with Crippen LogP contribution in [0.25, 0.3) is 0 Å². The van der Waals surface area contributed by atoms with E-state index >= 15 is 0 Å². The van der Waals surface area contributed by atoms with E-state index in [2.05, 4.69) is 20.0 Å². The predicted octanol–water partition coefficient (Wildman–Crippen LogP) is 2.44. The normalized spacial score (nSPS) is 22.2. The fourth-order valence-corrected chi connectivity index (χ4v) is 5.74. The highest BCUT2D eigenvalue weighted by Gasteiger charge is 2.41. The van der Waals surface area contributed by atoms with E-state index in [-0.39, 0.29) is 34.3 Å². The number of nitro benzene ring substituents is 1. The summed E-state index contributed by atoms with van der Waals surface area (Å²) in [7, 11) is 0. The van der Waals surface area contributed by atoms with Crippen LogP contribution in [0.15, 0.2) is 42.5 Å². The average molecular weight is 512 g/mol. The summed E-state index contributed by atoms with van der Waals surface area (Å²) in [6.45, 7) is 7.77. The number of rotatable bonds is 8. The van der Waals surface area contributed by atoms with Crippen molar-refractivity contribution in [2.45, 2.75) is 25.4 Å². The zero-order chi connectivity index (χ0) is 25.8. The third-order valence-corrected chi connectivity index (χ3v) is 7.70. The molecule has 1 N–H and O–H groups in total. The molecule has 0 aromatic heterocycles. The number of hydrogen-bond donors (Lipinski definition) is 1. The minimum atomic E-state index is -0.381. The Morgan fingerprint density at radius 2 is 1.86 bits per heavy atom. The molecule has 0 radical (unpaired) electrons. The molecule has 0 aliphatic carbocycles. The Bertz CT molecular complexity index is 1110. The summed E-state index contributed by atoms with van der Waals surface area (Å²) >= 11 is 0. The molecule has 9 nitrogen and oxygen atoms in total. The summed E-state index contributed by atoms with van der Waals surface area (Å²) in [6, 6.07) is 11.5. The maximum absolute atomic E-state index is 13.5. The summed E-state index contributed by atoms with van der Waals surface area (Å²) in [6.07, 6.45) is 1.34. The molecule has 2 atom stereocenters. The van der Waals surface area contributed by atoms with Gasteiger partial charge in [0.1, 0.15) is 5.82 Å². The van der Waals surface area contributed by atoms with Crippen LogP contribution >= 0.6 is 0 Å². The van der Waals surface area contributed by atoms with Crippen LogP contribution < -0.4 is 10.2 Å². The van der Waals surface area contributed by atoms with Crippen molar-refractivity contribution in [1.82, 2.24) is 15.1 Å². The van der Waals surface area contributed by atoms with Gasteiger partial charge in [-0.15, -0.1) is 0 Å². The van der Waals surface area contributed by atoms with Crippen molar-refractivity contribution < 1.29 is 18.8 Å². The third-order valence-electron chi connectivity index (χ3n) is 7.70. The van der Waals surface area contributed by atoms with Gasteiger partial charge in [0.25, 0.3) is 5.69 Å². The molecule has 37 heavy (non-hydrogen) atoms. The number of anilines is 1. The second-order valence-corrected chi connectivity index (χ2v) is 10.1. The van der Waals surface area contributed by atoms with Crippen LogP contribution in [-0.4, -0.2) is 85.7 Å². The number of carbonyl (C=O) groups excluding carboxylic acids is 1. The Balaban J connectivity index is 1.28. The van der Waals surface area contributed by atoms with Gasteiger partial charge in [0.05, 0.1) is 30.1 Å². The first-order chi connectivity index (χ1) is 18.0. The number of non-ortho nitro benzene ring substituents is 1. The molecule has 10 heteroatoms. The number of morpholine rings is 1.